The molecule has 0 heterocycles. The van der Waals surface area contributed by atoms with Gasteiger partial charge in [-0.25, -0.2) is 8.42 Å². The summed E-state index contributed by atoms with van der Waals surface area (Å²) in [6.07, 6.45) is 11.6. The minimum Gasteiger partial charge on any atom is -0.746 e. The van der Waals surface area contributed by atoms with Crippen LogP contribution in [-0.4, -0.2) is 35.5 Å². The van der Waals surface area contributed by atoms with E-state index in [0.29, 0.717) is 6.42 Å². The Kier molecular flexibility index (Phi) is 18.2. The van der Waals surface area contributed by atoms with Crippen LogP contribution >= 0.6 is 0 Å². The Morgan fingerprint density at radius 3 is 1.72 bits per heavy atom. The zero-order chi connectivity index (χ0) is 18.4. The van der Waals surface area contributed by atoms with Crippen molar-refractivity contribution in [2.75, 3.05) is 0 Å². The zero-order valence-corrected chi connectivity index (χ0v) is 18.9. The van der Waals surface area contributed by atoms with Crippen molar-refractivity contribution < 1.29 is 52.4 Å². The molecule has 144 valence electrons. The second-order valence-electron chi connectivity index (χ2n) is 6.51. The first-order chi connectivity index (χ1) is 11.3. The molecule has 6 nitrogen and oxygen atoms in total. The number of aliphatic hydroxyl groups is 1. The third kappa shape index (κ3) is 16.3. The minimum absolute atomic E-state index is 0. The van der Waals surface area contributed by atoms with Gasteiger partial charge in [-0.15, -0.1) is 0 Å². The van der Waals surface area contributed by atoms with Crippen molar-refractivity contribution in [2.24, 2.45) is 0 Å². The van der Waals surface area contributed by atoms with Gasteiger partial charge in [-0.1, -0.05) is 71.1 Å². The van der Waals surface area contributed by atoms with E-state index in [9.17, 15) is 22.9 Å². The summed E-state index contributed by atoms with van der Waals surface area (Å²) in [4.78, 5) is 11.6. The van der Waals surface area contributed by atoms with Gasteiger partial charge >= 0.3 is 29.6 Å². The van der Waals surface area contributed by atoms with Crippen LogP contribution in [0.4, 0.5) is 0 Å². The van der Waals surface area contributed by atoms with E-state index in [1.165, 1.54) is 51.9 Å². The van der Waals surface area contributed by atoms with Crippen LogP contribution in [0.5, 0.6) is 0 Å². The van der Waals surface area contributed by atoms with Crippen molar-refractivity contribution in [3.8, 4) is 0 Å². The molecule has 0 aliphatic heterocycles. The maximum atomic E-state index is 11.6. The number of hydrogen-bond acceptors (Lipinski definition) is 5. The molecule has 0 saturated carbocycles. The summed E-state index contributed by atoms with van der Waals surface area (Å²) in [5.74, 6) is -0.503. The molecule has 1 amide bonds. The zero-order valence-electron chi connectivity index (χ0n) is 16.1. The molecule has 0 fully saturated rings. The molecule has 0 aliphatic rings. The summed E-state index contributed by atoms with van der Waals surface area (Å²) in [7, 11) is -4.75. The maximum absolute atomic E-state index is 11.6. The summed E-state index contributed by atoms with van der Waals surface area (Å²) in [5, 5.41) is 9.60. The number of nitrogens with one attached hydrogen (secondary N) is 1. The van der Waals surface area contributed by atoms with E-state index < -0.39 is 27.5 Å². The summed E-state index contributed by atoms with van der Waals surface area (Å²) in [5.41, 5.74) is 0. The number of aliphatic hydroxyl groups excluding tert-OH is 1. The fourth-order valence-electron chi connectivity index (χ4n) is 2.61. The van der Waals surface area contributed by atoms with Gasteiger partial charge in [0, 0.05) is 6.42 Å². The summed E-state index contributed by atoms with van der Waals surface area (Å²) in [6, 6.07) is 0. The largest absolute Gasteiger partial charge is 1.00 e. The molecule has 0 bridgehead atoms. The van der Waals surface area contributed by atoms with Gasteiger partial charge in [0.05, 0.1) is 6.10 Å². The molecule has 2 N–H and O–H groups in total. The van der Waals surface area contributed by atoms with Gasteiger partial charge in [0.2, 0.25) is 5.91 Å². The van der Waals surface area contributed by atoms with Gasteiger partial charge in [0.15, 0.2) is 0 Å². The quantitative estimate of drug-likeness (QED) is 0.235. The number of carbonyl (C=O) groups excluding carboxylic acids is 1. The van der Waals surface area contributed by atoms with Crippen LogP contribution in [0.3, 0.4) is 0 Å². The van der Waals surface area contributed by atoms with Crippen molar-refractivity contribution in [1.29, 1.82) is 0 Å². The molecule has 0 radical (unpaired) electrons. The van der Waals surface area contributed by atoms with Gasteiger partial charge < -0.3 is 15.0 Å². The first-order valence-corrected chi connectivity index (χ1v) is 10.7. The SMILES string of the molecule is CCCCCCCCCCCCCC(=O)NC(C(C)O)S(=O)(=O)[O-].[Na+]. The van der Waals surface area contributed by atoms with E-state index in [1.807, 2.05) is 0 Å². The maximum Gasteiger partial charge on any atom is 1.00 e. The van der Waals surface area contributed by atoms with Gasteiger partial charge in [0.1, 0.15) is 15.5 Å². The van der Waals surface area contributed by atoms with Crippen LogP contribution in [0.25, 0.3) is 0 Å². The minimum atomic E-state index is -4.75. The molecule has 0 rings (SSSR count). The van der Waals surface area contributed by atoms with Crippen molar-refractivity contribution in [1.82, 2.24) is 5.32 Å². The van der Waals surface area contributed by atoms with Crippen LogP contribution in [-0.2, 0) is 14.9 Å². The second-order valence-corrected chi connectivity index (χ2v) is 8.00. The Labute approximate surface area is 175 Å². The Morgan fingerprint density at radius 2 is 1.36 bits per heavy atom. The van der Waals surface area contributed by atoms with Crippen LogP contribution in [0, 0.1) is 0 Å². The predicted octanol–water partition coefficient (Wildman–Crippen LogP) is 0.0598. The molecule has 8 heteroatoms. The smallest absolute Gasteiger partial charge is 0.746 e. The molecular formula is C17H34NNaO5S. The van der Waals surface area contributed by atoms with E-state index in [-0.39, 0.29) is 36.0 Å². The van der Waals surface area contributed by atoms with Crippen LogP contribution in [0.1, 0.15) is 90.9 Å². The van der Waals surface area contributed by atoms with Gasteiger partial charge in [-0.3, -0.25) is 4.79 Å². The molecule has 0 aromatic heterocycles. The van der Waals surface area contributed by atoms with Gasteiger partial charge in [-0.05, 0) is 13.3 Å². The van der Waals surface area contributed by atoms with Crippen molar-refractivity contribution >= 4 is 16.0 Å². The van der Waals surface area contributed by atoms with Crippen molar-refractivity contribution in [3.63, 3.8) is 0 Å². The Morgan fingerprint density at radius 1 is 0.960 bits per heavy atom. The Balaban J connectivity index is 0. The fourth-order valence-corrected chi connectivity index (χ4v) is 3.37. The summed E-state index contributed by atoms with van der Waals surface area (Å²) < 4.78 is 32.8. The molecule has 0 aliphatic carbocycles. The second kappa shape index (κ2) is 16.5. The van der Waals surface area contributed by atoms with Crippen molar-refractivity contribution in [2.45, 2.75) is 102 Å². The van der Waals surface area contributed by atoms with E-state index in [0.717, 1.165) is 19.3 Å². The number of amides is 1. The Bertz CT molecular complexity index is 429. The van der Waals surface area contributed by atoms with E-state index in [2.05, 4.69) is 12.2 Å². The summed E-state index contributed by atoms with van der Waals surface area (Å²) >= 11 is 0. The molecule has 0 aromatic carbocycles. The van der Waals surface area contributed by atoms with Gasteiger partial charge in [-0.2, -0.15) is 0 Å². The topological polar surface area (TPSA) is 107 Å². The molecule has 0 saturated heterocycles. The fraction of sp³-hybridized carbons (Fsp3) is 0.941. The number of carbonyl (C=O) groups is 1. The average Bonchev–Trinajstić information content (AvgIpc) is 2.48. The van der Waals surface area contributed by atoms with E-state index >= 15 is 0 Å². The number of unbranched alkanes of at least 4 members (excludes halogenated alkanes) is 10. The molecule has 2 unspecified atom stereocenters. The third-order valence-corrected chi connectivity index (χ3v) is 5.19. The standard InChI is InChI=1S/C17H35NO5S.Na/c1-3-4-5-6-7-8-9-10-11-12-13-14-16(20)18-17(15(2)19)24(21,22)23;/h15,17,19H,3-14H2,1-2H3,(H,18,20)(H,21,22,23);/q;+1/p-1. The first kappa shape index (κ1) is 27.6. The first-order valence-electron chi connectivity index (χ1n) is 9.21. The Hall–Kier alpha value is 0.340. The monoisotopic (exact) mass is 387 g/mol. The molecule has 2 atom stereocenters. The summed E-state index contributed by atoms with van der Waals surface area (Å²) in [6.45, 7) is 3.38. The predicted molar refractivity (Wildman–Crippen MR) is 94.4 cm³/mol. The number of rotatable bonds is 15. The average molecular weight is 388 g/mol. The van der Waals surface area contributed by atoms with E-state index in [4.69, 9.17) is 0 Å². The van der Waals surface area contributed by atoms with Gasteiger partial charge in [0.25, 0.3) is 0 Å². The molecular weight excluding hydrogens is 353 g/mol. The van der Waals surface area contributed by atoms with Crippen LogP contribution < -0.4 is 34.9 Å². The molecule has 25 heavy (non-hydrogen) atoms. The molecule has 0 spiro atoms. The third-order valence-electron chi connectivity index (χ3n) is 4.06. The van der Waals surface area contributed by atoms with E-state index in [1.54, 1.807) is 0 Å². The normalized spacial score (nSPS) is 13.8. The van der Waals surface area contributed by atoms with Crippen LogP contribution in [0.2, 0.25) is 0 Å². The number of hydrogen-bond donors (Lipinski definition) is 2. The van der Waals surface area contributed by atoms with Crippen molar-refractivity contribution in [3.05, 3.63) is 0 Å². The van der Waals surface area contributed by atoms with Crippen LogP contribution in [0.15, 0.2) is 0 Å². The molecule has 0 aromatic rings.